The van der Waals surface area contributed by atoms with Gasteiger partial charge in [0.05, 0.1) is 5.69 Å². The second kappa shape index (κ2) is 13.8. The first-order chi connectivity index (χ1) is 28.3. The van der Waals surface area contributed by atoms with E-state index in [-0.39, 0.29) is 0 Å². The van der Waals surface area contributed by atoms with Crippen molar-refractivity contribution in [1.82, 2.24) is 0 Å². The first kappa shape index (κ1) is 33.2. The summed E-state index contributed by atoms with van der Waals surface area (Å²) in [7, 11) is 0. The van der Waals surface area contributed by atoms with E-state index in [4.69, 9.17) is 4.42 Å². The molecule has 0 saturated carbocycles. The average molecular weight is 746 g/mol. The number of hydrogen-bond donors (Lipinski definition) is 0. The Balaban J connectivity index is 1.15. The maximum absolute atomic E-state index is 7.06. The smallest absolute Gasteiger partial charge is 0.159 e. The number of anilines is 3. The molecule has 2 nitrogen and oxygen atoms in total. The summed E-state index contributed by atoms with van der Waals surface area (Å²) in [6.45, 7) is 0. The van der Waals surface area contributed by atoms with Crippen LogP contribution in [0.4, 0.5) is 17.1 Å². The normalized spacial score (nSPS) is 11.5. The molecule has 11 aromatic rings. The Hall–Kier alpha value is -7.20. The maximum atomic E-state index is 7.06. The van der Waals surface area contributed by atoms with E-state index in [2.05, 4.69) is 217 Å². The van der Waals surface area contributed by atoms with Gasteiger partial charge in [-0.2, -0.15) is 0 Å². The van der Waals surface area contributed by atoms with Crippen LogP contribution in [-0.4, -0.2) is 0 Å². The number of rotatable bonds is 7. The van der Waals surface area contributed by atoms with Crippen LogP contribution in [0.15, 0.2) is 217 Å². The van der Waals surface area contributed by atoms with Gasteiger partial charge in [0.2, 0.25) is 0 Å². The van der Waals surface area contributed by atoms with Gasteiger partial charge in [-0.05, 0) is 87.5 Å². The quantitative estimate of drug-likeness (QED) is 0.162. The lowest BCUT2D eigenvalue weighted by Gasteiger charge is -2.27. The summed E-state index contributed by atoms with van der Waals surface area (Å²) in [5.41, 5.74) is 14.1. The lowest BCUT2D eigenvalue weighted by atomic mass is 9.96. The van der Waals surface area contributed by atoms with E-state index in [1.807, 2.05) is 11.3 Å². The topological polar surface area (TPSA) is 16.4 Å². The van der Waals surface area contributed by atoms with Crippen molar-refractivity contribution in [3.05, 3.63) is 212 Å². The van der Waals surface area contributed by atoms with Crippen molar-refractivity contribution < 1.29 is 4.42 Å². The van der Waals surface area contributed by atoms with Gasteiger partial charge in [-0.1, -0.05) is 164 Å². The standard InChI is InChI=1S/C54H35NOS/c1-4-15-36(16-5-1)40-33-41(37-17-6-2-7-18-37)35-43(34-40)55(42-31-29-39(30-32-42)44-22-14-28-51-52(44)48-21-10-11-27-50(48)57-51)49-26-13-25-47-46-24-12-23-45(53(46)56-54(47)49)38-19-8-3-9-20-38/h1-35H. The van der Waals surface area contributed by atoms with Gasteiger partial charge in [0.15, 0.2) is 5.58 Å². The van der Waals surface area contributed by atoms with E-state index >= 15 is 0 Å². The van der Waals surface area contributed by atoms with Crippen LogP contribution in [-0.2, 0) is 0 Å². The zero-order valence-corrected chi connectivity index (χ0v) is 31.8. The molecule has 0 bridgehead atoms. The number of furan rings is 1. The average Bonchev–Trinajstić information content (AvgIpc) is 3.87. The van der Waals surface area contributed by atoms with E-state index in [9.17, 15) is 0 Å². The predicted molar refractivity (Wildman–Crippen MR) is 243 cm³/mol. The summed E-state index contributed by atoms with van der Waals surface area (Å²) in [5, 5.41) is 4.80. The van der Waals surface area contributed by atoms with Gasteiger partial charge >= 0.3 is 0 Å². The molecule has 0 aliphatic carbocycles. The van der Waals surface area contributed by atoms with Crippen molar-refractivity contribution in [2.45, 2.75) is 0 Å². The van der Waals surface area contributed by atoms with Gasteiger partial charge in [0, 0.05) is 47.9 Å². The Labute approximate surface area is 335 Å². The second-order valence-electron chi connectivity index (χ2n) is 14.5. The molecule has 2 heterocycles. The minimum atomic E-state index is 0.848. The van der Waals surface area contributed by atoms with Crippen LogP contribution in [0.5, 0.6) is 0 Å². The molecule has 0 amide bonds. The molecule has 0 N–H and O–H groups in total. The zero-order valence-electron chi connectivity index (χ0n) is 31.0. The third kappa shape index (κ3) is 5.80. The zero-order chi connectivity index (χ0) is 37.7. The van der Waals surface area contributed by atoms with Crippen molar-refractivity contribution >= 4 is 70.5 Å². The molecule has 11 rings (SSSR count). The van der Waals surface area contributed by atoms with Gasteiger partial charge in [0.25, 0.3) is 0 Å². The minimum Gasteiger partial charge on any atom is -0.453 e. The molecule has 57 heavy (non-hydrogen) atoms. The van der Waals surface area contributed by atoms with Crippen molar-refractivity contribution in [2.75, 3.05) is 4.90 Å². The molecule has 268 valence electrons. The molecule has 0 spiro atoms. The predicted octanol–water partition coefficient (Wildman–Crippen LogP) is 16.1. The fraction of sp³-hybridized carbons (Fsp3) is 0. The second-order valence-corrected chi connectivity index (χ2v) is 15.5. The lowest BCUT2D eigenvalue weighted by molar-refractivity contribution is 0.670. The molecular formula is C54H35NOS. The summed E-state index contributed by atoms with van der Waals surface area (Å²) in [5.74, 6) is 0. The molecule has 3 heteroatoms. The number of fused-ring (bicyclic) bond motifs is 6. The summed E-state index contributed by atoms with van der Waals surface area (Å²) in [4.78, 5) is 2.37. The highest BCUT2D eigenvalue weighted by molar-refractivity contribution is 7.25. The number of hydrogen-bond acceptors (Lipinski definition) is 3. The van der Waals surface area contributed by atoms with Gasteiger partial charge < -0.3 is 9.32 Å². The fourth-order valence-electron chi connectivity index (χ4n) is 8.39. The largest absolute Gasteiger partial charge is 0.453 e. The van der Waals surface area contributed by atoms with E-state index in [0.717, 1.165) is 72.4 Å². The lowest BCUT2D eigenvalue weighted by Crippen LogP contribution is -2.10. The monoisotopic (exact) mass is 745 g/mol. The number of para-hydroxylation sites is 2. The van der Waals surface area contributed by atoms with E-state index < -0.39 is 0 Å². The van der Waals surface area contributed by atoms with Crippen LogP contribution in [0.25, 0.3) is 86.6 Å². The summed E-state index contributed by atoms with van der Waals surface area (Å²) >= 11 is 1.86. The number of thiophene rings is 1. The van der Waals surface area contributed by atoms with Crippen LogP contribution in [0, 0.1) is 0 Å². The number of nitrogens with zero attached hydrogens (tertiary/aromatic N) is 1. The molecule has 2 aromatic heterocycles. The highest BCUT2D eigenvalue weighted by Crippen LogP contribution is 2.47. The highest BCUT2D eigenvalue weighted by Gasteiger charge is 2.22. The summed E-state index contributed by atoms with van der Waals surface area (Å²) in [6, 6.07) is 76.2. The van der Waals surface area contributed by atoms with Crippen LogP contribution >= 0.6 is 11.3 Å². The number of benzene rings is 9. The van der Waals surface area contributed by atoms with Crippen LogP contribution < -0.4 is 4.90 Å². The molecule has 0 aliphatic rings. The molecule has 0 radical (unpaired) electrons. The molecule has 0 aliphatic heterocycles. The molecule has 9 aromatic carbocycles. The summed E-state index contributed by atoms with van der Waals surface area (Å²) < 4.78 is 9.67. The maximum Gasteiger partial charge on any atom is 0.159 e. The van der Waals surface area contributed by atoms with E-state index in [1.54, 1.807) is 0 Å². The Bertz CT molecular complexity index is 3160. The van der Waals surface area contributed by atoms with Crippen LogP contribution in [0.3, 0.4) is 0 Å². The molecule has 0 fully saturated rings. The Morgan fingerprint density at radius 1 is 0.333 bits per heavy atom. The molecular weight excluding hydrogens is 711 g/mol. The molecule has 0 atom stereocenters. The van der Waals surface area contributed by atoms with Crippen LogP contribution in [0.2, 0.25) is 0 Å². The van der Waals surface area contributed by atoms with E-state index in [0.29, 0.717) is 0 Å². The first-order valence-corrected chi connectivity index (χ1v) is 20.1. The third-order valence-electron chi connectivity index (χ3n) is 11.1. The van der Waals surface area contributed by atoms with Gasteiger partial charge in [-0.25, -0.2) is 0 Å². The van der Waals surface area contributed by atoms with Gasteiger partial charge in [0.1, 0.15) is 5.58 Å². The van der Waals surface area contributed by atoms with Crippen molar-refractivity contribution in [2.24, 2.45) is 0 Å². The third-order valence-corrected chi connectivity index (χ3v) is 12.2. The summed E-state index contributed by atoms with van der Waals surface area (Å²) in [6.07, 6.45) is 0. The highest BCUT2D eigenvalue weighted by atomic mass is 32.1. The van der Waals surface area contributed by atoms with Gasteiger partial charge in [-0.3, -0.25) is 0 Å². The van der Waals surface area contributed by atoms with Crippen molar-refractivity contribution in [3.63, 3.8) is 0 Å². The van der Waals surface area contributed by atoms with Crippen molar-refractivity contribution in [3.8, 4) is 44.5 Å². The Morgan fingerprint density at radius 3 is 1.56 bits per heavy atom. The first-order valence-electron chi connectivity index (χ1n) is 19.3. The minimum absolute atomic E-state index is 0.848. The molecule has 0 unspecified atom stereocenters. The SMILES string of the molecule is c1ccc(-c2cc(-c3ccccc3)cc(N(c3ccc(-c4cccc5sc6ccccc6c45)cc3)c3cccc4c3oc3c(-c5ccccc5)cccc34)c2)cc1. The Kier molecular flexibility index (Phi) is 8.04. The Morgan fingerprint density at radius 2 is 0.860 bits per heavy atom. The van der Waals surface area contributed by atoms with Gasteiger partial charge in [-0.15, -0.1) is 11.3 Å². The van der Waals surface area contributed by atoms with Crippen LogP contribution in [0.1, 0.15) is 0 Å². The van der Waals surface area contributed by atoms with Crippen molar-refractivity contribution in [1.29, 1.82) is 0 Å². The molecule has 0 saturated heterocycles. The van der Waals surface area contributed by atoms with E-state index in [1.165, 1.54) is 31.3 Å². The fourth-order valence-corrected chi connectivity index (χ4v) is 9.53.